The molecule has 0 amide bonds. The van der Waals surface area contributed by atoms with Gasteiger partial charge in [-0.25, -0.2) is 8.78 Å². The van der Waals surface area contributed by atoms with Gasteiger partial charge in [0.2, 0.25) is 0 Å². The number of carbonyl (C=O) groups excluding carboxylic acids is 1. The maximum atomic E-state index is 13.2. The number of methoxy groups -OCH3 is 1. The van der Waals surface area contributed by atoms with Crippen LogP contribution in [0.4, 0.5) is 8.78 Å². The van der Waals surface area contributed by atoms with Crippen molar-refractivity contribution in [1.82, 2.24) is 4.90 Å². The molecule has 1 heterocycles. The summed E-state index contributed by atoms with van der Waals surface area (Å²) in [6.07, 6.45) is 1.60. The number of likely N-dealkylation sites (tertiary alicyclic amines) is 1. The molecule has 1 saturated carbocycles. The van der Waals surface area contributed by atoms with Crippen LogP contribution in [0, 0.1) is 5.92 Å². The van der Waals surface area contributed by atoms with Gasteiger partial charge in [0.05, 0.1) is 7.11 Å². The van der Waals surface area contributed by atoms with Crippen LogP contribution in [0.3, 0.4) is 0 Å². The van der Waals surface area contributed by atoms with Crippen LogP contribution in [0.2, 0.25) is 0 Å². The number of rotatable bonds is 4. The van der Waals surface area contributed by atoms with Crippen molar-refractivity contribution in [2.75, 3.05) is 20.2 Å². The number of Topliss-reactive ketones (excluding diaryl/α,β-unsaturated/α-hetero) is 1. The zero-order valence-corrected chi connectivity index (χ0v) is 14.9. The van der Waals surface area contributed by atoms with Crippen LogP contribution in [-0.4, -0.2) is 42.8 Å². The van der Waals surface area contributed by atoms with Gasteiger partial charge in [-0.15, -0.1) is 0 Å². The van der Waals surface area contributed by atoms with E-state index in [1.165, 1.54) is 0 Å². The van der Waals surface area contributed by atoms with Crippen molar-refractivity contribution in [2.45, 2.75) is 37.6 Å². The number of halogens is 2. The van der Waals surface area contributed by atoms with Gasteiger partial charge >= 0.3 is 0 Å². The Balaban J connectivity index is 1.49. The molecular weight excluding hydrogens is 336 g/mol. The summed E-state index contributed by atoms with van der Waals surface area (Å²) >= 11 is 0. The van der Waals surface area contributed by atoms with Gasteiger partial charge in [0.15, 0.2) is 5.78 Å². The Morgan fingerprint density at radius 3 is 2.62 bits per heavy atom. The fourth-order valence-corrected chi connectivity index (χ4v) is 4.18. The molecule has 2 aromatic rings. The van der Waals surface area contributed by atoms with Crippen molar-refractivity contribution in [1.29, 1.82) is 0 Å². The monoisotopic (exact) mass is 359 g/mol. The van der Waals surface area contributed by atoms with Gasteiger partial charge in [-0.05, 0) is 48.4 Å². The lowest BCUT2D eigenvalue weighted by molar-refractivity contribution is -0.128. The summed E-state index contributed by atoms with van der Waals surface area (Å²) in [5, 5.41) is 2.03. The number of ketones is 1. The van der Waals surface area contributed by atoms with Crippen LogP contribution in [-0.2, 0) is 0 Å². The molecule has 2 aromatic carbocycles. The van der Waals surface area contributed by atoms with Crippen molar-refractivity contribution in [2.24, 2.45) is 5.92 Å². The summed E-state index contributed by atoms with van der Waals surface area (Å²) in [4.78, 5) is 15.1. The summed E-state index contributed by atoms with van der Waals surface area (Å²) in [5.74, 6) is -1.70. The number of piperidine rings is 1. The molecule has 4 rings (SSSR count). The van der Waals surface area contributed by atoms with E-state index >= 15 is 0 Å². The maximum absolute atomic E-state index is 13.2. The van der Waals surface area contributed by atoms with E-state index in [4.69, 9.17) is 4.74 Å². The van der Waals surface area contributed by atoms with Crippen molar-refractivity contribution in [3.05, 3.63) is 42.0 Å². The third-order valence-electron chi connectivity index (χ3n) is 5.74. The van der Waals surface area contributed by atoms with E-state index in [2.05, 4.69) is 4.90 Å². The Kier molecular flexibility index (Phi) is 4.43. The van der Waals surface area contributed by atoms with Gasteiger partial charge in [-0.3, -0.25) is 9.69 Å². The van der Waals surface area contributed by atoms with Crippen molar-refractivity contribution < 1.29 is 18.3 Å². The molecule has 0 radical (unpaired) electrons. The van der Waals surface area contributed by atoms with E-state index < -0.39 is 5.92 Å². The van der Waals surface area contributed by atoms with Crippen LogP contribution >= 0.6 is 0 Å². The van der Waals surface area contributed by atoms with Gasteiger partial charge < -0.3 is 4.74 Å². The molecule has 3 nitrogen and oxygen atoms in total. The first kappa shape index (κ1) is 17.4. The topological polar surface area (TPSA) is 29.5 Å². The Bertz CT molecular complexity index is 828. The number of hydrogen-bond acceptors (Lipinski definition) is 3. The second kappa shape index (κ2) is 6.62. The number of alkyl halides is 2. The highest BCUT2D eigenvalue weighted by Crippen LogP contribution is 2.41. The second-order valence-corrected chi connectivity index (χ2v) is 7.54. The van der Waals surface area contributed by atoms with E-state index in [-0.39, 0.29) is 30.6 Å². The molecule has 0 bridgehead atoms. The summed E-state index contributed by atoms with van der Waals surface area (Å²) in [6, 6.07) is 11.4. The molecule has 0 N–H and O–H groups in total. The number of nitrogens with zero attached hydrogens (tertiary/aromatic N) is 1. The minimum Gasteiger partial charge on any atom is -0.497 e. The molecule has 1 saturated heterocycles. The molecule has 2 fully saturated rings. The first-order valence-electron chi connectivity index (χ1n) is 9.19. The first-order valence-corrected chi connectivity index (χ1v) is 9.19. The van der Waals surface area contributed by atoms with E-state index in [0.29, 0.717) is 12.1 Å². The zero-order valence-electron chi connectivity index (χ0n) is 14.9. The fraction of sp³-hybridized carbons (Fsp3) is 0.476. The molecular formula is C21H23F2NO2. The minimum absolute atomic E-state index is 0.0638. The highest BCUT2D eigenvalue weighted by Gasteiger charge is 2.48. The Labute approximate surface area is 151 Å². The third kappa shape index (κ3) is 3.32. The van der Waals surface area contributed by atoms with Gasteiger partial charge in [-0.2, -0.15) is 0 Å². The molecule has 0 aromatic heterocycles. The Hall–Kier alpha value is -2.01. The molecule has 1 aliphatic carbocycles. The van der Waals surface area contributed by atoms with Gasteiger partial charge in [0, 0.05) is 36.9 Å². The number of fused-ring (bicyclic) bond motifs is 1. The van der Waals surface area contributed by atoms with Crippen molar-refractivity contribution in [3.63, 3.8) is 0 Å². The summed E-state index contributed by atoms with van der Waals surface area (Å²) in [7, 11) is 1.63. The highest BCUT2D eigenvalue weighted by atomic mass is 19.3. The van der Waals surface area contributed by atoms with E-state index in [1.54, 1.807) is 7.11 Å². The number of hydrogen-bond donors (Lipinski definition) is 0. The minimum atomic E-state index is -2.51. The predicted molar refractivity (Wildman–Crippen MR) is 97.1 cm³/mol. The van der Waals surface area contributed by atoms with E-state index in [9.17, 15) is 13.6 Å². The summed E-state index contributed by atoms with van der Waals surface area (Å²) < 4.78 is 31.6. The smallest absolute Gasteiger partial charge is 0.251 e. The maximum Gasteiger partial charge on any atom is 0.251 e. The number of benzene rings is 2. The SMILES string of the molecule is COc1ccc2cc(C(=O)C3CCCN(C4CC(F)(F)C4)C3)ccc2c1. The number of carbonyl (C=O) groups is 1. The van der Waals surface area contributed by atoms with E-state index in [1.807, 2.05) is 36.4 Å². The van der Waals surface area contributed by atoms with Gasteiger partial charge in [0.25, 0.3) is 5.92 Å². The summed E-state index contributed by atoms with van der Waals surface area (Å²) in [5.41, 5.74) is 0.702. The van der Waals surface area contributed by atoms with Gasteiger partial charge in [-0.1, -0.05) is 18.2 Å². The average molecular weight is 359 g/mol. The molecule has 1 unspecified atom stereocenters. The fourth-order valence-electron chi connectivity index (χ4n) is 4.18. The Morgan fingerprint density at radius 2 is 1.88 bits per heavy atom. The lowest BCUT2D eigenvalue weighted by atomic mass is 9.83. The van der Waals surface area contributed by atoms with Gasteiger partial charge in [0.1, 0.15) is 5.75 Å². The van der Waals surface area contributed by atoms with Crippen LogP contribution < -0.4 is 4.74 Å². The van der Waals surface area contributed by atoms with Crippen LogP contribution in [0.15, 0.2) is 36.4 Å². The quantitative estimate of drug-likeness (QED) is 0.751. The Morgan fingerprint density at radius 1 is 1.15 bits per heavy atom. The van der Waals surface area contributed by atoms with Crippen LogP contribution in [0.25, 0.3) is 10.8 Å². The lowest BCUT2D eigenvalue weighted by Gasteiger charge is -2.45. The molecule has 1 aliphatic heterocycles. The third-order valence-corrected chi connectivity index (χ3v) is 5.74. The average Bonchev–Trinajstić information content (AvgIpc) is 2.64. The molecule has 138 valence electrons. The second-order valence-electron chi connectivity index (χ2n) is 7.54. The first-order chi connectivity index (χ1) is 12.4. The standard InChI is InChI=1S/C21H23F2NO2/c1-26-19-7-6-14-9-16(5-4-15(14)10-19)20(25)17-3-2-8-24(13-17)18-11-21(22,23)12-18/h4-7,9-10,17-18H,2-3,8,11-13H2,1H3. The van der Waals surface area contributed by atoms with Crippen molar-refractivity contribution >= 4 is 16.6 Å². The van der Waals surface area contributed by atoms with E-state index in [0.717, 1.165) is 35.9 Å². The zero-order chi connectivity index (χ0) is 18.3. The van der Waals surface area contributed by atoms with Crippen LogP contribution in [0.5, 0.6) is 5.75 Å². The predicted octanol–water partition coefficient (Wildman–Crippen LogP) is 4.54. The molecule has 26 heavy (non-hydrogen) atoms. The van der Waals surface area contributed by atoms with Crippen LogP contribution in [0.1, 0.15) is 36.0 Å². The lowest BCUT2D eigenvalue weighted by Crippen LogP contribution is -2.54. The summed E-state index contributed by atoms with van der Waals surface area (Å²) in [6.45, 7) is 1.42. The number of ether oxygens (including phenoxy) is 1. The molecule has 2 aliphatic rings. The molecule has 0 spiro atoms. The highest BCUT2D eigenvalue weighted by molar-refractivity contribution is 6.01. The largest absolute Gasteiger partial charge is 0.497 e. The van der Waals surface area contributed by atoms with Crippen molar-refractivity contribution in [3.8, 4) is 5.75 Å². The normalized spacial score (nSPS) is 23.6. The molecule has 5 heteroatoms. The molecule has 1 atom stereocenters.